The summed E-state index contributed by atoms with van der Waals surface area (Å²) in [4.78, 5) is 45.5. The molecule has 0 N–H and O–H groups in total. The quantitative estimate of drug-likeness (QED) is 0.325. The van der Waals surface area contributed by atoms with Crippen LogP contribution in [-0.2, 0) is 9.59 Å². The van der Waals surface area contributed by atoms with E-state index in [9.17, 15) is 14.4 Å². The third-order valence-electron chi connectivity index (χ3n) is 7.95. The molecule has 0 radical (unpaired) electrons. The molecule has 7 rings (SSSR count). The first-order chi connectivity index (χ1) is 19.0. The van der Waals surface area contributed by atoms with Gasteiger partial charge in [0.25, 0.3) is 0 Å². The van der Waals surface area contributed by atoms with E-state index in [1.165, 1.54) is 4.90 Å². The lowest BCUT2D eigenvalue weighted by atomic mass is 9.83. The van der Waals surface area contributed by atoms with Gasteiger partial charge in [-0.1, -0.05) is 24.3 Å². The Labute approximate surface area is 232 Å². The summed E-state index contributed by atoms with van der Waals surface area (Å²) >= 11 is 3.47. The van der Waals surface area contributed by atoms with Crippen LogP contribution in [0.2, 0.25) is 0 Å². The van der Waals surface area contributed by atoms with Crippen molar-refractivity contribution in [3.05, 3.63) is 88.0 Å². The second kappa shape index (κ2) is 8.98. The minimum atomic E-state index is -0.861. The maximum atomic E-state index is 14.1. The lowest BCUT2D eigenvalue weighted by Crippen LogP contribution is -2.44. The van der Waals surface area contributed by atoms with Crippen LogP contribution < -0.4 is 19.1 Å². The normalized spacial score (nSPS) is 24.4. The Balaban J connectivity index is 1.34. The summed E-state index contributed by atoms with van der Waals surface area (Å²) < 4.78 is 17.3. The Morgan fingerprint density at radius 2 is 1.72 bits per heavy atom. The van der Waals surface area contributed by atoms with E-state index in [2.05, 4.69) is 15.9 Å². The molecular weight excluding hydrogens is 564 g/mol. The summed E-state index contributed by atoms with van der Waals surface area (Å²) in [5.41, 5.74) is 2.73. The van der Waals surface area contributed by atoms with Crippen molar-refractivity contribution in [1.29, 1.82) is 0 Å². The SMILES string of the molecule is COc1ccc(C(=O)[C@@H]2[C@@H]3C(=O)N(c4ccc5c(c4)OCCO5)C(=O)[C@H]3[C@@H]3c4ccccc4C=CN23)cc1Br. The summed E-state index contributed by atoms with van der Waals surface area (Å²) in [6.07, 6.45) is 3.78. The first kappa shape index (κ1) is 24.0. The Morgan fingerprint density at radius 1 is 0.949 bits per heavy atom. The first-order valence-electron chi connectivity index (χ1n) is 12.7. The van der Waals surface area contributed by atoms with E-state index in [1.807, 2.05) is 41.4 Å². The van der Waals surface area contributed by atoms with Crippen LogP contribution >= 0.6 is 15.9 Å². The lowest BCUT2D eigenvalue weighted by Gasteiger charge is -2.35. The van der Waals surface area contributed by atoms with E-state index < -0.39 is 29.8 Å². The van der Waals surface area contributed by atoms with E-state index in [0.29, 0.717) is 46.2 Å². The van der Waals surface area contributed by atoms with Gasteiger partial charge >= 0.3 is 0 Å². The topological polar surface area (TPSA) is 85.4 Å². The number of anilines is 1. The van der Waals surface area contributed by atoms with Crippen molar-refractivity contribution in [1.82, 2.24) is 4.90 Å². The van der Waals surface area contributed by atoms with Gasteiger partial charge in [0.2, 0.25) is 11.8 Å². The molecule has 9 heteroatoms. The molecule has 3 aromatic carbocycles. The number of methoxy groups -OCH3 is 1. The van der Waals surface area contributed by atoms with Crippen LogP contribution in [0.3, 0.4) is 0 Å². The maximum Gasteiger partial charge on any atom is 0.240 e. The van der Waals surface area contributed by atoms with E-state index >= 15 is 0 Å². The van der Waals surface area contributed by atoms with Gasteiger partial charge in [-0.05, 0) is 63.5 Å². The molecule has 4 atom stereocenters. The van der Waals surface area contributed by atoms with Gasteiger partial charge in [0.15, 0.2) is 17.3 Å². The molecule has 4 aliphatic heterocycles. The zero-order valence-corrected chi connectivity index (χ0v) is 22.5. The van der Waals surface area contributed by atoms with Crippen LogP contribution in [-0.4, -0.2) is 48.9 Å². The zero-order chi connectivity index (χ0) is 26.8. The summed E-state index contributed by atoms with van der Waals surface area (Å²) in [6, 6.07) is 16.7. The number of ether oxygens (including phenoxy) is 3. The highest BCUT2D eigenvalue weighted by atomic mass is 79.9. The second-order valence-electron chi connectivity index (χ2n) is 9.89. The molecule has 0 aromatic heterocycles. The molecule has 0 unspecified atom stereocenters. The lowest BCUT2D eigenvalue weighted by molar-refractivity contribution is -0.123. The molecule has 2 saturated heterocycles. The highest BCUT2D eigenvalue weighted by Crippen LogP contribution is 2.54. The smallest absolute Gasteiger partial charge is 0.240 e. The Hall–Kier alpha value is -4.11. The summed E-state index contributed by atoms with van der Waals surface area (Å²) in [7, 11) is 1.55. The van der Waals surface area contributed by atoms with Crippen LogP contribution in [0.4, 0.5) is 5.69 Å². The molecule has 4 heterocycles. The molecule has 0 saturated carbocycles. The van der Waals surface area contributed by atoms with Crippen molar-refractivity contribution >= 4 is 45.3 Å². The number of imide groups is 1. The van der Waals surface area contributed by atoms with E-state index in [0.717, 1.165) is 11.1 Å². The van der Waals surface area contributed by atoms with Crippen LogP contribution in [0.15, 0.2) is 71.3 Å². The van der Waals surface area contributed by atoms with E-state index in [1.54, 1.807) is 43.5 Å². The van der Waals surface area contributed by atoms with Crippen molar-refractivity contribution in [2.24, 2.45) is 11.8 Å². The van der Waals surface area contributed by atoms with Gasteiger partial charge in [-0.2, -0.15) is 0 Å². The fraction of sp³-hybridized carbons (Fsp3) is 0.233. The molecule has 2 fully saturated rings. The Morgan fingerprint density at radius 3 is 2.51 bits per heavy atom. The number of halogens is 1. The Bertz CT molecular complexity index is 1590. The number of amides is 2. The molecule has 8 nitrogen and oxygen atoms in total. The summed E-state index contributed by atoms with van der Waals surface area (Å²) in [6.45, 7) is 0.825. The minimum absolute atomic E-state index is 0.231. The van der Waals surface area contributed by atoms with Gasteiger partial charge < -0.3 is 19.1 Å². The Kier molecular flexibility index (Phi) is 5.52. The third kappa shape index (κ3) is 3.52. The maximum absolute atomic E-state index is 14.1. The molecule has 2 amide bonds. The van der Waals surface area contributed by atoms with E-state index in [-0.39, 0.29) is 11.7 Å². The van der Waals surface area contributed by atoms with Gasteiger partial charge in [-0.15, -0.1) is 0 Å². The number of ketones is 1. The zero-order valence-electron chi connectivity index (χ0n) is 20.9. The number of benzene rings is 3. The average Bonchev–Trinajstić information content (AvgIpc) is 3.44. The molecule has 196 valence electrons. The fourth-order valence-electron chi connectivity index (χ4n) is 6.27. The van der Waals surface area contributed by atoms with Crippen molar-refractivity contribution in [3.63, 3.8) is 0 Å². The number of nitrogens with zero attached hydrogens (tertiary/aromatic N) is 2. The van der Waals surface area contributed by atoms with Gasteiger partial charge in [0.05, 0.1) is 35.1 Å². The molecule has 4 aliphatic rings. The van der Waals surface area contributed by atoms with Gasteiger partial charge in [-0.25, -0.2) is 4.90 Å². The third-order valence-corrected chi connectivity index (χ3v) is 8.57. The second-order valence-corrected chi connectivity index (χ2v) is 10.7. The first-order valence-corrected chi connectivity index (χ1v) is 13.5. The minimum Gasteiger partial charge on any atom is -0.496 e. The standard InChI is InChI=1S/C30H23BrN2O6/c1-37-21-8-6-17(14-20(21)31)28(34)27-25-24(26-19-5-3-2-4-16(19)10-11-32(26)27)29(35)33(30(25)36)18-7-9-22-23(15-18)39-13-12-38-22/h2-11,14-15,24-27H,12-13H2,1H3/t24-,25-,26+,27+/m1/s1. The number of Topliss-reactive ketones (excluding diaryl/α,β-unsaturated/α-hetero) is 1. The number of carbonyl (C=O) groups excluding carboxylic acids is 3. The number of carbonyl (C=O) groups is 3. The van der Waals surface area contributed by atoms with Gasteiger partial charge in [-0.3, -0.25) is 14.4 Å². The monoisotopic (exact) mass is 586 g/mol. The molecule has 0 aliphatic carbocycles. The van der Waals surface area contributed by atoms with Crippen LogP contribution in [0.1, 0.15) is 27.5 Å². The summed E-state index contributed by atoms with van der Waals surface area (Å²) in [5.74, 6) is -0.893. The highest BCUT2D eigenvalue weighted by molar-refractivity contribution is 9.10. The number of rotatable bonds is 4. The number of fused-ring (bicyclic) bond motifs is 6. The number of hydrogen-bond donors (Lipinski definition) is 0. The molecule has 39 heavy (non-hydrogen) atoms. The average molecular weight is 587 g/mol. The predicted octanol–water partition coefficient (Wildman–Crippen LogP) is 4.63. The van der Waals surface area contributed by atoms with Gasteiger partial charge in [0.1, 0.15) is 25.0 Å². The molecular formula is C30H23BrN2O6. The highest BCUT2D eigenvalue weighted by Gasteiger charge is 2.64. The number of hydrogen-bond acceptors (Lipinski definition) is 7. The van der Waals surface area contributed by atoms with Crippen LogP contribution in [0.25, 0.3) is 6.08 Å². The van der Waals surface area contributed by atoms with Gasteiger partial charge in [0, 0.05) is 17.8 Å². The molecule has 3 aromatic rings. The molecule has 0 bridgehead atoms. The molecule has 0 spiro atoms. The van der Waals surface area contributed by atoms with Crippen molar-refractivity contribution in [3.8, 4) is 17.2 Å². The fourth-order valence-corrected chi connectivity index (χ4v) is 6.81. The van der Waals surface area contributed by atoms with Crippen molar-refractivity contribution in [2.45, 2.75) is 12.1 Å². The van der Waals surface area contributed by atoms with Crippen molar-refractivity contribution in [2.75, 3.05) is 25.2 Å². The van der Waals surface area contributed by atoms with E-state index in [4.69, 9.17) is 14.2 Å². The van der Waals surface area contributed by atoms with Crippen LogP contribution in [0.5, 0.6) is 17.2 Å². The van der Waals surface area contributed by atoms with Crippen LogP contribution in [0, 0.1) is 11.8 Å². The predicted molar refractivity (Wildman–Crippen MR) is 146 cm³/mol. The summed E-state index contributed by atoms with van der Waals surface area (Å²) in [5, 5.41) is 0. The largest absolute Gasteiger partial charge is 0.496 e. The van der Waals surface area contributed by atoms with Crippen molar-refractivity contribution < 1.29 is 28.6 Å².